The average Bonchev–Trinajstić information content (AvgIpc) is 2.49. The third-order valence-corrected chi connectivity index (χ3v) is 2.44. The van der Waals surface area contributed by atoms with Gasteiger partial charge in [0.15, 0.2) is 0 Å². The first-order chi connectivity index (χ1) is 7.11. The minimum Gasteiger partial charge on any atom is -0.452 e. The maximum absolute atomic E-state index is 11.3. The lowest BCUT2D eigenvalue weighted by Crippen LogP contribution is -2.23. The van der Waals surface area contributed by atoms with E-state index in [1.54, 1.807) is 0 Å². The molecule has 1 aliphatic rings. The molecule has 1 heterocycles. The summed E-state index contributed by atoms with van der Waals surface area (Å²) < 4.78 is 5.27. The van der Waals surface area contributed by atoms with Crippen LogP contribution in [0, 0.1) is 0 Å². The van der Waals surface area contributed by atoms with Gasteiger partial charge in [0.1, 0.15) is 5.60 Å². The Kier molecular flexibility index (Phi) is 3.74. The summed E-state index contributed by atoms with van der Waals surface area (Å²) in [5.74, 6) is -0.219. The molecule has 0 amide bonds. The fraction of sp³-hybridized carbons (Fsp3) is 0.700. The second kappa shape index (κ2) is 4.84. The van der Waals surface area contributed by atoms with Crippen molar-refractivity contribution in [3.8, 4) is 0 Å². The summed E-state index contributed by atoms with van der Waals surface area (Å²) in [5, 5.41) is 3.44. The summed E-state index contributed by atoms with van der Waals surface area (Å²) in [6.45, 7) is 4.25. The molecule has 0 aromatic carbocycles. The summed E-state index contributed by atoms with van der Waals surface area (Å²) >= 11 is 0. The Balaban J connectivity index is 2.51. The predicted octanol–water partition coefficient (Wildman–Crippen LogP) is 2.73. The zero-order valence-corrected chi connectivity index (χ0v) is 9.06. The number of nitrogens with zero attached hydrogens (tertiary/aromatic N) is 3. The van der Waals surface area contributed by atoms with Gasteiger partial charge in [0.05, 0.1) is 0 Å². The smallest absolute Gasteiger partial charge is 0.334 e. The molecular formula is C10H15N3O2. The van der Waals surface area contributed by atoms with Gasteiger partial charge in [0.2, 0.25) is 0 Å². The van der Waals surface area contributed by atoms with E-state index < -0.39 is 5.60 Å². The van der Waals surface area contributed by atoms with Crippen molar-refractivity contribution in [1.29, 1.82) is 0 Å². The van der Waals surface area contributed by atoms with Crippen LogP contribution >= 0.6 is 0 Å². The zero-order chi connectivity index (χ0) is 11.3. The summed E-state index contributed by atoms with van der Waals surface area (Å²) in [7, 11) is 0. The van der Waals surface area contributed by atoms with E-state index in [2.05, 4.69) is 10.0 Å². The topological polar surface area (TPSA) is 75.1 Å². The van der Waals surface area contributed by atoms with Crippen molar-refractivity contribution >= 4 is 5.97 Å². The highest BCUT2D eigenvalue weighted by Gasteiger charge is 2.34. The lowest BCUT2D eigenvalue weighted by molar-refractivity contribution is -0.145. The van der Waals surface area contributed by atoms with Gasteiger partial charge < -0.3 is 4.74 Å². The average molecular weight is 209 g/mol. The number of carbonyl (C=O) groups is 1. The van der Waals surface area contributed by atoms with Gasteiger partial charge >= 0.3 is 5.97 Å². The van der Waals surface area contributed by atoms with E-state index in [-0.39, 0.29) is 5.97 Å². The van der Waals surface area contributed by atoms with E-state index in [1.807, 2.05) is 19.9 Å². The molecule has 0 aliphatic carbocycles. The zero-order valence-electron chi connectivity index (χ0n) is 9.06. The Labute approximate surface area is 88.7 Å². The van der Waals surface area contributed by atoms with Gasteiger partial charge in [-0.2, -0.15) is 0 Å². The Bertz CT molecular complexity index is 332. The number of carbonyl (C=O) groups excluding carboxylic acids is 1. The summed E-state index contributed by atoms with van der Waals surface area (Å²) in [6.07, 6.45) is 4.00. The molecule has 0 radical (unpaired) electrons. The Morgan fingerprint density at radius 1 is 1.67 bits per heavy atom. The molecule has 0 N–H and O–H groups in total. The highest BCUT2D eigenvalue weighted by atomic mass is 16.6. The monoisotopic (exact) mass is 209 g/mol. The van der Waals surface area contributed by atoms with Gasteiger partial charge in [-0.05, 0) is 37.8 Å². The van der Waals surface area contributed by atoms with E-state index in [9.17, 15) is 4.79 Å². The van der Waals surface area contributed by atoms with Gasteiger partial charge in [-0.15, -0.1) is 0 Å². The van der Waals surface area contributed by atoms with Crippen LogP contribution in [0.25, 0.3) is 10.4 Å². The third-order valence-electron chi connectivity index (χ3n) is 2.44. The fourth-order valence-corrected chi connectivity index (χ4v) is 1.65. The summed E-state index contributed by atoms with van der Waals surface area (Å²) in [4.78, 5) is 14.0. The molecule has 0 saturated heterocycles. The molecule has 1 rings (SSSR count). The molecule has 0 spiro atoms. The molecule has 0 aromatic heterocycles. The van der Waals surface area contributed by atoms with E-state index in [0.717, 1.165) is 12.0 Å². The SMILES string of the molecule is CCC1=C[C@@](C)(CCCN=[N+]=[N-])OC1=O. The first kappa shape index (κ1) is 11.6. The van der Waals surface area contributed by atoms with E-state index >= 15 is 0 Å². The Morgan fingerprint density at radius 3 is 2.93 bits per heavy atom. The predicted molar refractivity (Wildman–Crippen MR) is 56.1 cm³/mol. The molecule has 15 heavy (non-hydrogen) atoms. The number of hydrogen-bond acceptors (Lipinski definition) is 3. The molecule has 0 fully saturated rings. The van der Waals surface area contributed by atoms with Gasteiger partial charge in [-0.3, -0.25) is 0 Å². The molecule has 1 atom stereocenters. The number of ether oxygens (including phenoxy) is 1. The van der Waals surface area contributed by atoms with Crippen LogP contribution in [0.15, 0.2) is 16.8 Å². The van der Waals surface area contributed by atoms with Crippen LogP contribution in [0.5, 0.6) is 0 Å². The molecule has 1 aliphatic heterocycles. The summed E-state index contributed by atoms with van der Waals surface area (Å²) in [6, 6.07) is 0. The maximum Gasteiger partial charge on any atom is 0.334 e. The highest BCUT2D eigenvalue weighted by molar-refractivity contribution is 5.91. The van der Waals surface area contributed by atoms with Crippen LogP contribution in [0.4, 0.5) is 0 Å². The second-order valence-corrected chi connectivity index (χ2v) is 3.78. The Hall–Kier alpha value is -1.48. The molecule has 0 unspecified atom stereocenters. The van der Waals surface area contributed by atoms with E-state index in [0.29, 0.717) is 19.4 Å². The highest BCUT2D eigenvalue weighted by Crippen LogP contribution is 2.29. The minimum absolute atomic E-state index is 0.219. The number of esters is 1. The van der Waals surface area contributed by atoms with Crippen molar-refractivity contribution in [2.45, 2.75) is 38.7 Å². The first-order valence-electron chi connectivity index (χ1n) is 5.07. The van der Waals surface area contributed by atoms with Gasteiger partial charge in [-0.1, -0.05) is 12.0 Å². The van der Waals surface area contributed by atoms with Crippen molar-refractivity contribution in [3.63, 3.8) is 0 Å². The number of azide groups is 1. The quantitative estimate of drug-likeness (QED) is 0.229. The third kappa shape index (κ3) is 2.99. The fourth-order valence-electron chi connectivity index (χ4n) is 1.65. The summed E-state index contributed by atoms with van der Waals surface area (Å²) in [5.41, 5.74) is 8.34. The molecule has 0 saturated carbocycles. The van der Waals surface area contributed by atoms with Gasteiger partial charge in [0, 0.05) is 17.0 Å². The van der Waals surface area contributed by atoms with Crippen molar-refractivity contribution in [1.82, 2.24) is 0 Å². The maximum atomic E-state index is 11.3. The van der Waals surface area contributed by atoms with Crippen molar-refractivity contribution in [2.75, 3.05) is 6.54 Å². The number of hydrogen-bond donors (Lipinski definition) is 0. The number of rotatable bonds is 5. The van der Waals surface area contributed by atoms with Crippen molar-refractivity contribution in [2.24, 2.45) is 5.11 Å². The largest absolute Gasteiger partial charge is 0.452 e. The molecular weight excluding hydrogens is 194 g/mol. The first-order valence-corrected chi connectivity index (χ1v) is 5.07. The van der Waals surface area contributed by atoms with Gasteiger partial charge in [0.25, 0.3) is 0 Å². The molecule has 5 heteroatoms. The van der Waals surface area contributed by atoms with Crippen molar-refractivity contribution in [3.05, 3.63) is 22.1 Å². The van der Waals surface area contributed by atoms with Crippen LogP contribution < -0.4 is 0 Å². The van der Waals surface area contributed by atoms with Crippen LogP contribution in [-0.4, -0.2) is 18.1 Å². The molecule has 0 aromatic rings. The number of cyclic esters (lactones) is 1. The standard InChI is InChI=1S/C10H15N3O2/c1-3-8-7-10(2,15-9(8)14)5-4-6-12-13-11/h7H,3-6H2,1-2H3/t10-/m1/s1. The van der Waals surface area contributed by atoms with Crippen LogP contribution in [0.2, 0.25) is 0 Å². The lowest BCUT2D eigenvalue weighted by atomic mass is 9.98. The lowest BCUT2D eigenvalue weighted by Gasteiger charge is -2.20. The van der Waals surface area contributed by atoms with Gasteiger partial charge in [-0.25, -0.2) is 4.79 Å². The second-order valence-electron chi connectivity index (χ2n) is 3.78. The van der Waals surface area contributed by atoms with E-state index in [4.69, 9.17) is 10.3 Å². The molecule has 82 valence electrons. The van der Waals surface area contributed by atoms with Crippen molar-refractivity contribution < 1.29 is 9.53 Å². The van der Waals surface area contributed by atoms with Crippen LogP contribution in [0.1, 0.15) is 33.1 Å². The van der Waals surface area contributed by atoms with Crippen LogP contribution in [0.3, 0.4) is 0 Å². The van der Waals surface area contributed by atoms with Crippen LogP contribution in [-0.2, 0) is 9.53 Å². The molecule has 0 bridgehead atoms. The normalized spacial score (nSPS) is 24.4. The molecule has 5 nitrogen and oxygen atoms in total. The van der Waals surface area contributed by atoms with E-state index in [1.165, 1.54) is 0 Å². The minimum atomic E-state index is -0.507. The Morgan fingerprint density at radius 2 is 2.40 bits per heavy atom.